The molecule has 150 valence electrons. The molecule has 0 unspecified atom stereocenters. The Hall–Kier alpha value is -3.33. The van der Waals surface area contributed by atoms with E-state index in [1.165, 1.54) is 23.3 Å². The number of hydrogen-bond donors (Lipinski definition) is 0. The lowest BCUT2D eigenvalue weighted by Crippen LogP contribution is -2.04. The first-order chi connectivity index (χ1) is 14.5. The van der Waals surface area contributed by atoms with Crippen molar-refractivity contribution in [2.24, 2.45) is 0 Å². The second-order valence-corrected chi connectivity index (χ2v) is 7.28. The average Bonchev–Trinajstić information content (AvgIpc) is 2.73. The molecule has 3 aromatic carbocycles. The summed E-state index contributed by atoms with van der Waals surface area (Å²) in [4.78, 5) is 0. The highest BCUT2D eigenvalue weighted by Crippen LogP contribution is 2.33. The number of hydrogen-bond acceptors (Lipinski definition) is 0. The van der Waals surface area contributed by atoms with Gasteiger partial charge in [-0.3, -0.25) is 0 Å². The molecular formula is C27H21F3. The maximum Gasteiger partial charge on any atom is 0.416 e. The third-order valence-corrected chi connectivity index (χ3v) is 5.21. The Bertz CT molecular complexity index is 1110. The van der Waals surface area contributed by atoms with Crippen LogP contribution in [0.1, 0.15) is 24.0 Å². The predicted molar refractivity (Wildman–Crippen MR) is 118 cm³/mol. The van der Waals surface area contributed by atoms with Crippen LogP contribution in [0.4, 0.5) is 13.2 Å². The molecule has 0 nitrogen and oxygen atoms in total. The van der Waals surface area contributed by atoms with Crippen molar-refractivity contribution in [2.75, 3.05) is 0 Å². The smallest absolute Gasteiger partial charge is 0.166 e. The van der Waals surface area contributed by atoms with Crippen molar-refractivity contribution >= 4 is 5.57 Å². The van der Waals surface area contributed by atoms with Crippen LogP contribution >= 0.6 is 0 Å². The molecule has 0 fully saturated rings. The predicted octanol–water partition coefficient (Wildman–Crippen LogP) is 8.33. The van der Waals surface area contributed by atoms with Gasteiger partial charge in [-0.05, 0) is 64.4 Å². The quantitative estimate of drug-likeness (QED) is 0.413. The highest BCUT2D eigenvalue weighted by molar-refractivity contribution is 5.75. The normalized spacial score (nSPS) is 18.0. The van der Waals surface area contributed by atoms with Crippen LogP contribution in [0.15, 0.2) is 103 Å². The van der Waals surface area contributed by atoms with E-state index in [4.69, 9.17) is 0 Å². The number of rotatable bonds is 3. The molecule has 3 heteroatoms. The standard InChI is InChI=1S/C27H21F3/c28-27(29,30)26-13-7-12-25(19-26)24-11-6-10-23(18-24)22-16-14-21(15-17-22)20-8-4-2-1-3-5-9-20/h1-4,6-8,10-19H,5,9H2/b3-1-,4-2-,20-8+. The molecular weight excluding hydrogens is 381 g/mol. The minimum atomic E-state index is -4.35. The molecule has 0 radical (unpaired) electrons. The van der Waals surface area contributed by atoms with Gasteiger partial charge in [0.05, 0.1) is 5.56 Å². The van der Waals surface area contributed by atoms with Crippen molar-refractivity contribution in [1.29, 1.82) is 0 Å². The van der Waals surface area contributed by atoms with Gasteiger partial charge in [0.25, 0.3) is 0 Å². The van der Waals surface area contributed by atoms with E-state index in [9.17, 15) is 13.2 Å². The Morgan fingerprint density at radius 2 is 1.23 bits per heavy atom. The summed E-state index contributed by atoms with van der Waals surface area (Å²) in [6.07, 6.45) is 8.12. The molecule has 0 heterocycles. The third-order valence-electron chi connectivity index (χ3n) is 5.21. The van der Waals surface area contributed by atoms with Crippen molar-refractivity contribution in [2.45, 2.75) is 19.0 Å². The zero-order chi connectivity index (χ0) is 21.0. The lowest BCUT2D eigenvalue weighted by atomic mass is 9.95. The van der Waals surface area contributed by atoms with E-state index in [2.05, 4.69) is 48.6 Å². The topological polar surface area (TPSA) is 0 Å². The summed E-state index contributed by atoms with van der Waals surface area (Å²) in [5.74, 6) is 0. The fourth-order valence-electron chi connectivity index (χ4n) is 3.60. The first-order valence-electron chi connectivity index (χ1n) is 9.91. The van der Waals surface area contributed by atoms with Crippen molar-refractivity contribution in [3.63, 3.8) is 0 Å². The minimum Gasteiger partial charge on any atom is -0.166 e. The number of alkyl halides is 3. The van der Waals surface area contributed by atoms with Crippen LogP contribution in [0.25, 0.3) is 27.8 Å². The maximum atomic E-state index is 13.1. The first kappa shape index (κ1) is 20.0. The molecule has 0 spiro atoms. The summed E-state index contributed by atoms with van der Waals surface area (Å²) < 4.78 is 39.2. The monoisotopic (exact) mass is 402 g/mol. The molecule has 0 aromatic heterocycles. The van der Waals surface area contributed by atoms with E-state index in [0.29, 0.717) is 5.56 Å². The van der Waals surface area contributed by atoms with Crippen LogP contribution in [-0.4, -0.2) is 0 Å². The molecule has 0 bridgehead atoms. The number of benzene rings is 3. The molecule has 0 atom stereocenters. The molecule has 0 amide bonds. The number of halogens is 3. The van der Waals surface area contributed by atoms with E-state index in [-0.39, 0.29) is 0 Å². The van der Waals surface area contributed by atoms with Crippen LogP contribution in [0, 0.1) is 0 Å². The second kappa shape index (κ2) is 8.58. The van der Waals surface area contributed by atoms with Crippen LogP contribution in [0.2, 0.25) is 0 Å². The Kier molecular flexibility index (Phi) is 5.71. The summed E-state index contributed by atoms with van der Waals surface area (Å²) in [5, 5.41) is 0. The van der Waals surface area contributed by atoms with Crippen LogP contribution in [0.3, 0.4) is 0 Å². The molecule has 0 saturated heterocycles. The van der Waals surface area contributed by atoms with Crippen molar-refractivity contribution in [3.8, 4) is 22.3 Å². The molecule has 1 aliphatic carbocycles. The maximum absolute atomic E-state index is 13.1. The molecule has 0 aliphatic heterocycles. The minimum absolute atomic E-state index is 0.558. The number of allylic oxidation sites excluding steroid dienone is 6. The summed E-state index contributed by atoms with van der Waals surface area (Å²) in [5.41, 5.74) is 5.18. The molecule has 30 heavy (non-hydrogen) atoms. The SMILES string of the molecule is FC(F)(F)c1cccc(-c2cccc(-c3ccc(/C4=C/C=C\C=C/CC4)cc3)c2)c1. The van der Waals surface area contributed by atoms with Gasteiger partial charge >= 0.3 is 6.18 Å². The van der Waals surface area contributed by atoms with Crippen LogP contribution in [-0.2, 0) is 6.18 Å². The molecule has 0 saturated carbocycles. The second-order valence-electron chi connectivity index (χ2n) is 7.28. The van der Waals surface area contributed by atoms with Gasteiger partial charge in [-0.1, -0.05) is 85.0 Å². The van der Waals surface area contributed by atoms with Gasteiger partial charge < -0.3 is 0 Å². The summed E-state index contributed by atoms with van der Waals surface area (Å²) >= 11 is 0. The van der Waals surface area contributed by atoms with Gasteiger partial charge in [-0.2, -0.15) is 13.2 Å². The highest BCUT2D eigenvalue weighted by Gasteiger charge is 2.30. The van der Waals surface area contributed by atoms with E-state index >= 15 is 0 Å². The van der Waals surface area contributed by atoms with Gasteiger partial charge in [0, 0.05) is 0 Å². The molecule has 0 N–H and O–H groups in total. The molecule has 3 aromatic rings. The van der Waals surface area contributed by atoms with E-state index in [0.717, 1.165) is 35.6 Å². The third kappa shape index (κ3) is 4.62. The van der Waals surface area contributed by atoms with Gasteiger partial charge in [0.2, 0.25) is 0 Å². The Balaban J connectivity index is 1.62. The van der Waals surface area contributed by atoms with E-state index in [1.54, 1.807) is 6.07 Å². The fourth-order valence-corrected chi connectivity index (χ4v) is 3.60. The zero-order valence-corrected chi connectivity index (χ0v) is 16.4. The summed E-state index contributed by atoms with van der Waals surface area (Å²) in [6.45, 7) is 0. The van der Waals surface area contributed by atoms with Crippen LogP contribution in [0.5, 0.6) is 0 Å². The zero-order valence-electron chi connectivity index (χ0n) is 16.4. The Morgan fingerprint density at radius 1 is 0.600 bits per heavy atom. The van der Waals surface area contributed by atoms with Gasteiger partial charge in [0.15, 0.2) is 0 Å². The average molecular weight is 402 g/mol. The lowest BCUT2D eigenvalue weighted by Gasteiger charge is -2.11. The van der Waals surface area contributed by atoms with Crippen molar-refractivity contribution in [3.05, 3.63) is 114 Å². The Morgan fingerprint density at radius 3 is 1.97 bits per heavy atom. The molecule has 1 aliphatic rings. The van der Waals surface area contributed by atoms with Gasteiger partial charge in [-0.25, -0.2) is 0 Å². The summed E-state index contributed by atoms with van der Waals surface area (Å²) in [7, 11) is 0. The van der Waals surface area contributed by atoms with E-state index < -0.39 is 11.7 Å². The van der Waals surface area contributed by atoms with Crippen LogP contribution < -0.4 is 0 Å². The van der Waals surface area contributed by atoms with Gasteiger partial charge in [-0.15, -0.1) is 0 Å². The van der Waals surface area contributed by atoms with E-state index in [1.807, 2.05) is 30.3 Å². The highest BCUT2D eigenvalue weighted by atomic mass is 19.4. The fraction of sp³-hybridized carbons (Fsp3) is 0.111. The largest absolute Gasteiger partial charge is 0.416 e. The van der Waals surface area contributed by atoms with Crippen molar-refractivity contribution in [1.82, 2.24) is 0 Å². The lowest BCUT2D eigenvalue weighted by molar-refractivity contribution is -0.137. The molecule has 4 rings (SSSR count). The first-order valence-corrected chi connectivity index (χ1v) is 9.91. The summed E-state index contributed by atoms with van der Waals surface area (Å²) in [6, 6.07) is 21.5. The van der Waals surface area contributed by atoms with Gasteiger partial charge in [0.1, 0.15) is 0 Å². The van der Waals surface area contributed by atoms with Crippen molar-refractivity contribution < 1.29 is 13.2 Å². The Labute approximate surface area is 174 Å².